The lowest BCUT2D eigenvalue weighted by molar-refractivity contribution is -0.123. The molecule has 0 aromatic carbocycles. The number of halogens is 1. The Morgan fingerprint density at radius 3 is 3.00 bits per heavy atom. The average molecular weight is 465 g/mol. The molecule has 1 aromatic rings. The van der Waals surface area contributed by atoms with E-state index < -0.39 is 0 Å². The number of guanidine groups is 1. The van der Waals surface area contributed by atoms with Crippen molar-refractivity contribution in [2.75, 3.05) is 33.2 Å². The summed E-state index contributed by atoms with van der Waals surface area (Å²) >= 11 is 1.70. The van der Waals surface area contributed by atoms with Crippen molar-refractivity contribution in [2.45, 2.75) is 25.8 Å². The van der Waals surface area contributed by atoms with Crippen molar-refractivity contribution in [3.8, 4) is 0 Å². The van der Waals surface area contributed by atoms with Gasteiger partial charge in [0.1, 0.15) is 0 Å². The van der Waals surface area contributed by atoms with Crippen LogP contribution in [0.4, 0.5) is 0 Å². The van der Waals surface area contributed by atoms with Crippen LogP contribution < -0.4 is 16.4 Å². The number of rotatable bonds is 7. The Morgan fingerprint density at radius 1 is 1.50 bits per heavy atom. The van der Waals surface area contributed by atoms with Crippen molar-refractivity contribution >= 4 is 47.2 Å². The van der Waals surface area contributed by atoms with Crippen LogP contribution in [0.25, 0.3) is 0 Å². The van der Waals surface area contributed by atoms with Gasteiger partial charge in [-0.3, -0.25) is 9.79 Å². The number of carbonyl (C=O) groups is 1. The Balaban J connectivity index is 0.00000288. The first-order chi connectivity index (χ1) is 11.2. The number of aliphatic imine (C=N–C) groups is 1. The summed E-state index contributed by atoms with van der Waals surface area (Å²) < 4.78 is 0. The van der Waals surface area contributed by atoms with Gasteiger partial charge in [0, 0.05) is 26.7 Å². The highest BCUT2D eigenvalue weighted by Gasteiger charge is 2.23. The molecular formula is C16H28IN5OS. The minimum Gasteiger partial charge on any atom is -0.369 e. The van der Waals surface area contributed by atoms with E-state index in [1.165, 1.54) is 5.56 Å². The molecule has 2 rings (SSSR count). The van der Waals surface area contributed by atoms with E-state index in [9.17, 15) is 4.79 Å². The van der Waals surface area contributed by atoms with Crippen LogP contribution in [0.2, 0.25) is 0 Å². The number of amides is 1. The second-order valence-corrected chi connectivity index (χ2v) is 6.66. The summed E-state index contributed by atoms with van der Waals surface area (Å²) in [6.07, 6.45) is 3.01. The maximum atomic E-state index is 11.3. The Kier molecular flexibility index (Phi) is 10.3. The molecule has 1 unspecified atom stereocenters. The van der Waals surface area contributed by atoms with E-state index in [1.54, 1.807) is 18.4 Å². The van der Waals surface area contributed by atoms with Gasteiger partial charge in [0.25, 0.3) is 0 Å². The Morgan fingerprint density at radius 2 is 2.33 bits per heavy atom. The first kappa shape index (κ1) is 21.2. The third-order valence-electron chi connectivity index (χ3n) is 4.12. The van der Waals surface area contributed by atoms with E-state index in [0.717, 1.165) is 57.9 Å². The molecule has 1 aliphatic rings. The number of hydrogen-bond donors (Lipinski definition) is 3. The lowest BCUT2D eigenvalue weighted by Gasteiger charge is -2.31. The Bertz CT molecular complexity index is 509. The standard InChI is InChI=1S/C16H27N5OS.HI/c1-18-16(20-10-13-5-9-23-12-13)19-6-3-8-21-7-2-4-14(11-21)15(17)22;/h5,9,12,14H,2-4,6-8,10-11H2,1H3,(H2,17,22)(H2,18,19,20);1H. The zero-order chi connectivity index (χ0) is 16.5. The first-order valence-electron chi connectivity index (χ1n) is 8.16. The van der Waals surface area contributed by atoms with Gasteiger partial charge in [-0.2, -0.15) is 11.3 Å². The fraction of sp³-hybridized carbons (Fsp3) is 0.625. The molecule has 24 heavy (non-hydrogen) atoms. The quantitative estimate of drug-likeness (QED) is 0.248. The van der Waals surface area contributed by atoms with Crippen LogP contribution in [-0.4, -0.2) is 50.0 Å². The number of thiophene rings is 1. The van der Waals surface area contributed by atoms with Crippen LogP contribution in [0.5, 0.6) is 0 Å². The molecule has 1 atom stereocenters. The van der Waals surface area contributed by atoms with Crippen LogP contribution in [-0.2, 0) is 11.3 Å². The highest BCUT2D eigenvalue weighted by molar-refractivity contribution is 14.0. The van der Waals surface area contributed by atoms with Gasteiger partial charge in [0.05, 0.1) is 5.92 Å². The zero-order valence-electron chi connectivity index (χ0n) is 14.2. The predicted molar refractivity (Wildman–Crippen MR) is 111 cm³/mol. The number of likely N-dealkylation sites (tertiary alicyclic amines) is 1. The molecule has 2 heterocycles. The van der Waals surface area contributed by atoms with Gasteiger partial charge in [0.2, 0.25) is 5.91 Å². The predicted octanol–water partition coefficient (Wildman–Crippen LogP) is 1.62. The van der Waals surface area contributed by atoms with Crippen LogP contribution in [0.3, 0.4) is 0 Å². The topological polar surface area (TPSA) is 82.8 Å². The van der Waals surface area contributed by atoms with Crippen LogP contribution in [0.15, 0.2) is 21.8 Å². The maximum Gasteiger partial charge on any atom is 0.221 e. The van der Waals surface area contributed by atoms with Gasteiger partial charge in [-0.25, -0.2) is 0 Å². The molecule has 1 aromatic heterocycles. The lowest BCUT2D eigenvalue weighted by atomic mass is 9.97. The summed E-state index contributed by atoms with van der Waals surface area (Å²) in [5.74, 6) is 0.687. The van der Waals surface area contributed by atoms with Crippen molar-refractivity contribution in [2.24, 2.45) is 16.6 Å². The monoisotopic (exact) mass is 465 g/mol. The number of carbonyl (C=O) groups excluding carboxylic acids is 1. The fourth-order valence-corrected chi connectivity index (χ4v) is 3.47. The highest BCUT2D eigenvalue weighted by Crippen LogP contribution is 2.15. The third kappa shape index (κ3) is 7.35. The number of piperidine rings is 1. The second-order valence-electron chi connectivity index (χ2n) is 5.88. The molecule has 6 nitrogen and oxygen atoms in total. The molecule has 1 fully saturated rings. The number of nitrogens with one attached hydrogen (secondary N) is 2. The first-order valence-corrected chi connectivity index (χ1v) is 9.10. The van der Waals surface area contributed by atoms with Crippen molar-refractivity contribution in [3.05, 3.63) is 22.4 Å². The fourth-order valence-electron chi connectivity index (χ4n) is 2.80. The molecule has 1 saturated heterocycles. The van der Waals surface area contributed by atoms with Gasteiger partial charge in [-0.1, -0.05) is 0 Å². The highest BCUT2D eigenvalue weighted by atomic mass is 127. The molecule has 0 aliphatic carbocycles. The second kappa shape index (κ2) is 11.6. The van der Waals surface area contributed by atoms with Gasteiger partial charge in [-0.15, -0.1) is 24.0 Å². The summed E-state index contributed by atoms with van der Waals surface area (Å²) in [7, 11) is 1.78. The minimum atomic E-state index is -0.161. The third-order valence-corrected chi connectivity index (χ3v) is 4.85. The van der Waals surface area contributed by atoms with E-state index >= 15 is 0 Å². The number of primary amides is 1. The molecule has 4 N–H and O–H groups in total. The minimum absolute atomic E-state index is 0. The summed E-state index contributed by atoms with van der Waals surface area (Å²) in [5, 5.41) is 10.8. The maximum absolute atomic E-state index is 11.3. The van der Waals surface area contributed by atoms with Crippen molar-refractivity contribution < 1.29 is 4.79 Å². The number of nitrogens with two attached hydrogens (primary N) is 1. The van der Waals surface area contributed by atoms with Gasteiger partial charge < -0.3 is 21.3 Å². The van der Waals surface area contributed by atoms with Crippen molar-refractivity contribution in [1.82, 2.24) is 15.5 Å². The van der Waals surface area contributed by atoms with E-state index in [2.05, 4.69) is 37.4 Å². The van der Waals surface area contributed by atoms with Crippen LogP contribution in [0, 0.1) is 5.92 Å². The molecular weight excluding hydrogens is 437 g/mol. The van der Waals surface area contributed by atoms with Crippen molar-refractivity contribution in [3.63, 3.8) is 0 Å². The molecule has 0 bridgehead atoms. The molecule has 0 radical (unpaired) electrons. The summed E-state index contributed by atoms with van der Waals surface area (Å²) in [4.78, 5) is 17.9. The molecule has 0 spiro atoms. The molecule has 1 aliphatic heterocycles. The van der Waals surface area contributed by atoms with Crippen LogP contribution in [0.1, 0.15) is 24.8 Å². The Labute approximate surface area is 165 Å². The van der Waals surface area contributed by atoms with E-state index in [4.69, 9.17) is 5.73 Å². The van der Waals surface area contributed by atoms with Crippen molar-refractivity contribution in [1.29, 1.82) is 0 Å². The van der Waals surface area contributed by atoms with E-state index in [0.29, 0.717) is 0 Å². The summed E-state index contributed by atoms with van der Waals surface area (Å²) in [6.45, 7) is 4.50. The SMILES string of the molecule is CN=C(NCCCN1CCCC(C(N)=O)C1)NCc1ccsc1.I. The molecule has 8 heteroatoms. The van der Waals surface area contributed by atoms with Crippen LogP contribution >= 0.6 is 35.3 Å². The summed E-state index contributed by atoms with van der Waals surface area (Å²) in [6, 6.07) is 2.11. The Hall–Kier alpha value is -0.870. The van der Waals surface area contributed by atoms with E-state index in [-0.39, 0.29) is 35.8 Å². The zero-order valence-corrected chi connectivity index (χ0v) is 17.3. The van der Waals surface area contributed by atoms with E-state index in [1.807, 2.05) is 0 Å². The lowest BCUT2D eigenvalue weighted by Crippen LogP contribution is -2.42. The molecule has 0 saturated carbocycles. The smallest absolute Gasteiger partial charge is 0.221 e. The summed E-state index contributed by atoms with van der Waals surface area (Å²) in [5.41, 5.74) is 6.68. The normalized spacial score (nSPS) is 18.7. The number of hydrogen-bond acceptors (Lipinski definition) is 4. The van der Waals surface area contributed by atoms with Gasteiger partial charge in [0.15, 0.2) is 5.96 Å². The molecule has 1 amide bonds. The van der Waals surface area contributed by atoms with Gasteiger partial charge >= 0.3 is 0 Å². The molecule has 136 valence electrons. The van der Waals surface area contributed by atoms with Gasteiger partial charge in [-0.05, 0) is 54.7 Å². The number of nitrogens with zero attached hydrogens (tertiary/aromatic N) is 2. The largest absolute Gasteiger partial charge is 0.369 e. The average Bonchev–Trinajstić information content (AvgIpc) is 3.08.